The first-order valence-electron chi connectivity index (χ1n) is 7.40. The third-order valence-electron chi connectivity index (χ3n) is 4.23. The highest BCUT2D eigenvalue weighted by Gasteiger charge is 2.62. The van der Waals surface area contributed by atoms with E-state index in [2.05, 4.69) is 20.6 Å². The molecule has 1 aliphatic rings. The van der Waals surface area contributed by atoms with E-state index in [1.807, 2.05) is 0 Å². The van der Waals surface area contributed by atoms with Gasteiger partial charge in [-0.2, -0.15) is 13.2 Å². The van der Waals surface area contributed by atoms with Gasteiger partial charge >= 0.3 is 18.0 Å². The van der Waals surface area contributed by atoms with Crippen molar-refractivity contribution in [2.24, 2.45) is 5.41 Å². The van der Waals surface area contributed by atoms with E-state index in [-0.39, 0.29) is 25.8 Å². The normalized spacial score (nSPS) is 16.0. The number of halogens is 3. The highest BCUT2D eigenvalue weighted by atomic mass is 19.4. The third kappa shape index (κ3) is 3.06. The molecule has 2 heterocycles. The number of nitrogens with zero attached hydrogens (tertiary/aromatic N) is 1. The van der Waals surface area contributed by atoms with Crippen molar-refractivity contribution in [1.82, 2.24) is 15.3 Å². The maximum Gasteiger partial charge on any atom is 0.394 e. The largest absolute Gasteiger partial charge is 0.394 e. The Balaban J connectivity index is 1.53. The molecular weight excluding hydrogens is 325 g/mol. The fraction of sp³-hybridized carbons (Fsp3) is 0.400. The molecule has 1 saturated carbocycles. The molecule has 0 saturated heterocycles. The fourth-order valence-electron chi connectivity index (χ4n) is 2.55. The third-order valence-corrected chi connectivity index (χ3v) is 4.23. The lowest BCUT2D eigenvalue weighted by Crippen LogP contribution is -2.38. The van der Waals surface area contributed by atoms with E-state index in [1.165, 1.54) is 12.4 Å². The van der Waals surface area contributed by atoms with Gasteiger partial charge in [-0.15, -0.1) is 0 Å². The number of nitrogens with one attached hydrogen (secondary N) is 3. The van der Waals surface area contributed by atoms with Crippen LogP contribution >= 0.6 is 0 Å². The van der Waals surface area contributed by atoms with E-state index in [4.69, 9.17) is 0 Å². The Morgan fingerprint density at radius 2 is 2.04 bits per heavy atom. The minimum Gasteiger partial charge on any atom is -0.358 e. The number of alkyl halides is 3. The lowest BCUT2D eigenvalue weighted by atomic mass is 10.0. The lowest BCUT2D eigenvalue weighted by molar-refractivity contribution is -0.188. The molecular formula is C15H15F3N4O2. The number of amides is 2. The number of pyridine rings is 1. The number of hydrogen-bond donors (Lipinski definition) is 3. The van der Waals surface area contributed by atoms with E-state index < -0.39 is 23.4 Å². The van der Waals surface area contributed by atoms with Gasteiger partial charge in [0.1, 0.15) is 5.52 Å². The number of H-pyrrole nitrogens is 1. The van der Waals surface area contributed by atoms with Gasteiger partial charge in [0.2, 0.25) is 0 Å². The highest BCUT2D eigenvalue weighted by Crippen LogP contribution is 2.59. The minimum absolute atomic E-state index is 0.0690. The fourth-order valence-corrected chi connectivity index (χ4v) is 2.55. The van der Waals surface area contributed by atoms with Gasteiger partial charge in [-0.25, -0.2) is 0 Å². The Morgan fingerprint density at radius 1 is 1.29 bits per heavy atom. The molecule has 3 N–H and O–H groups in total. The molecule has 24 heavy (non-hydrogen) atoms. The molecule has 128 valence electrons. The van der Waals surface area contributed by atoms with Crippen molar-refractivity contribution in [2.45, 2.75) is 25.4 Å². The monoisotopic (exact) mass is 340 g/mol. The summed E-state index contributed by atoms with van der Waals surface area (Å²) in [6.07, 6.45) is -1.32. The molecule has 1 fully saturated rings. The van der Waals surface area contributed by atoms with Crippen LogP contribution in [-0.4, -0.2) is 34.5 Å². The molecule has 1 aliphatic carbocycles. The van der Waals surface area contributed by atoms with Crippen molar-refractivity contribution in [3.8, 4) is 0 Å². The summed E-state index contributed by atoms with van der Waals surface area (Å²) in [5.41, 5.74) is -0.182. The van der Waals surface area contributed by atoms with Crippen molar-refractivity contribution in [1.29, 1.82) is 0 Å². The predicted octanol–water partition coefficient (Wildman–Crippen LogP) is 2.35. The Labute approximate surface area is 134 Å². The van der Waals surface area contributed by atoms with Crippen LogP contribution in [0.5, 0.6) is 0 Å². The number of carbonyl (C=O) groups is 2. The standard InChI is InChI=1S/C15H15F3N4O2/c16-15(17,18)14(3-4-14)5-7-20-12(23)13(24)22-10-8-21-9-2-1-6-19-11(9)10/h1-2,6,8,21H,3-5,7H2,(H,20,23)(H,22,24). The average molecular weight is 340 g/mol. The van der Waals surface area contributed by atoms with Crippen LogP contribution in [0.25, 0.3) is 11.0 Å². The van der Waals surface area contributed by atoms with Crippen LogP contribution in [0.3, 0.4) is 0 Å². The topological polar surface area (TPSA) is 86.9 Å². The van der Waals surface area contributed by atoms with Gasteiger partial charge in [0.15, 0.2) is 0 Å². The molecule has 0 unspecified atom stereocenters. The molecule has 0 bridgehead atoms. The Kier molecular flexibility index (Phi) is 3.94. The van der Waals surface area contributed by atoms with Crippen LogP contribution < -0.4 is 10.6 Å². The first-order chi connectivity index (χ1) is 11.3. The number of aromatic nitrogens is 2. The van der Waals surface area contributed by atoms with Crippen LogP contribution in [0.2, 0.25) is 0 Å². The second-order valence-electron chi connectivity index (χ2n) is 5.84. The van der Waals surface area contributed by atoms with Gasteiger partial charge in [-0.1, -0.05) is 0 Å². The van der Waals surface area contributed by atoms with Crippen LogP contribution in [0.1, 0.15) is 19.3 Å². The number of aromatic amines is 1. The van der Waals surface area contributed by atoms with Crippen LogP contribution in [0.15, 0.2) is 24.5 Å². The summed E-state index contributed by atoms with van der Waals surface area (Å²) >= 11 is 0. The molecule has 0 radical (unpaired) electrons. The van der Waals surface area contributed by atoms with E-state index in [9.17, 15) is 22.8 Å². The molecule has 6 nitrogen and oxygen atoms in total. The summed E-state index contributed by atoms with van der Waals surface area (Å²) in [7, 11) is 0. The zero-order valence-corrected chi connectivity index (χ0v) is 12.5. The first-order valence-corrected chi connectivity index (χ1v) is 7.40. The first kappa shape index (κ1) is 16.3. The van der Waals surface area contributed by atoms with Crippen molar-refractivity contribution in [3.05, 3.63) is 24.5 Å². The summed E-state index contributed by atoms with van der Waals surface area (Å²) in [6.45, 7) is -0.197. The van der Waals surface area contributed by atoms with E-state index in [0.29, 0.717) is 16.7 Å². The summed E-state index contributed by atoms with van der Waals surface area (Å²) < 4.78 is 38.3. The number of hydrogen-bond acceptors (Lipinski definition) is 3. The van der Waals surface area contributed by atoms with Gasteiger partial charge in [0.25, 0.3) is 0 Å². The van der Waals surface area contributed by atoms with Gasteiger partial charge in [0.05, 0.1) is 16.6 Å². The number of rotatable bonds is 4. The van der Waals surface area contributed by atoms with Gasteiger partial charge < -0.3 is 15.6 Å². The molecule has 2 aromatic rings. The minimum atomic E-state index is -4.27. The quantitative estimate of drug-likeness (QED) is 0.747. The Bertz CT molecular complexity index is 780. The second-order valence-corrected chi connectivity index (χ2v) is 5.84. The van der Waals surface area contributed by atoms with E-state index >= 15 is 0 Å². The highest BCUT2D eigenvalue weighted by molar-refractivity contribution is 6.40. The summed E-state index contributed by atoms with van der Waals surface area (Å²) in [5.74, 6) is -1.92. The van der Waals surface area contributed by atoms with Crippen LogP contribution in [0, 0.1) is 5.41 Å². The second kappa shape index (κ2) is 5.81. The zero-order valence-electron chi connectivity index (χ0n) is 12.5. The smallest absolute Gasteiger partial charge is 0.358 e. The van der Waals surface area contributed by atoms with Crippen LogP contribution in [0.4, 0.5) is 18.9 Å². The van der Waals surface area contributed by atoms with E-state index in [0.717, 1.165) is 0 Å². The maximum absolute atomic E-state index is 12.8. The van der Waals surface area contributed by atoms with Crippen molar-refractivity contribution in [2.75, 3.05) is 11.9 Å². The molecule has 9 heteroatoms. The molecule has 2 aromatic heterocycles. The molecule has 0 aromatic carbocycles. The molecule has 0 spiro atoms. The zero-order chi connectivity index (χ0) is 17.4. The van der Waals surface area contributed by atoms with Gasteiger partial charge in [-0.3, -0.25) is 14.6 Å². The Hall–Kier alpha value is -2.58. The lowest BCUT2D eigenvalue weighted by Gasteiger charge is -2.18. The summed E-state index contributed by atoms with van der Waals surface area (Å²) in [5, 5.41) is 4.62. The predicted molar refractivity (Wildman–Crippen MR) is 80.1 cm³/mol. The van der Waals surface area contributed by atoms with Gasteiger partial charge in [-0.05, 0) is 31.4 Å². The maximum atomic E-state index is 12.8. The molecule has 0 aliphatic heterocycles. The molecule has 3 rings (SSSR count). The van der Waals surface area contributed by atoms with Gasteiger partial charge in [0, 0.05) is 18.9 Å². The van der Waals surface area contributed by atoms with Crippen molar-refractivity contribution < 1.29 is 22.8 Å². The Morgan fingerprint density at radius 3 is 2.71 bits per heavy atom. The SMILES string of the molecule is O=C(NCCC1(C(F)(F)F)CC1)C(=O)Nc1c[nH]c2cccnc12. The van der Waals surface area contributed by atoms with E-state index in [1.54, 1.807) is 12.1 Å². The van der Waals surface area contributed by atoms with Crippen LogP contribution in [-0.2, 0) is 9.59 Å². The number of carbonyl (C=O) groups excluding carboxylic acids is 2. The average Bonchev–Trinajstić information content (AvgIpc) is 3.23. The summed E-state index contributed by atoms with van der Waals surface area (Å²) in [6, 6.07) is 3.47. The molecule has 2 amide bonds. The van der Waals surface area contributed by atoms with Crippen molar-refractivity contribution >= 4 is 28.5 Å². The number of fused-ring (bicyclic) bond motifs is 1. The molecule has 0 atom stereocenters. The summed E-state index contributed by atoms with van der Waals surface area (Å²) in [4.78, 5) is 30.5. The van der Waals surface area contributed by atoms with Crippen molar-refractivity contribution in [3.63, 3.8) is 0 Å². The number of anilines is 1.